The summed E-state index contributed by atoms with van der Waals surface area (Å²) in [6, 6.07) is 9.47. The van der Waals surface area contributed by atoms with E-state index in [2.05, 4.69) is 30.9 Å². The zero-order chi connectivity index (χ0) is 23.4. The van der Waals surface area contributed by atoms with E-state index in [-0.39, 0.29) is 5.91 Å². The Kier molecular flexibility index (Phi) is 7.47. The zero-order valence-corrected chi connectivity index (χ0v) is 20.5. The number of benzene rings is 2. The number of rotatable bonds is 8. The molecule has 0 bridgehead atoms. The van der Waals surface area contributed by atoms with E-state index in [0.29, 0.717) is 23.6 Å². The minimum Gasteiger partial charge on any atom is -0.497 e. The van der Waals surface area contributed by atoms with Gasteiger partial charge >= 0.3 is 0 Å². The van der Waals surface area contributed by atoms with Crippen molar-refractivity contribution in [3.63, 3.8) is 0 Å². The van der Waals surface area contributed by atoms with Gasteiger partial charge in [0.05, 0.1) is 37.6 Å². The molecule has 2 heterocycles. The SMILES string of the molecule is COc1cc(OC)cc(C(=O)N(CCCN2CCOCC2)c2nc3c(C)ccc(C)c3s2)c1. The van der Waals surface area contributed by atoms with Gasteiger partial charge in [-0.2, -0.15) is 0 Å². The Morgan fingerprint density at radius 1 is 1.09 bits per heavy atom. The van der Waals surface area contributed by atoms with Gasteiger partial charge in [-0.15, -0.1) is 0 Å². The molecule has 1 fully saturated rings. The number of thiazole rings is 1. The molecule has 0 spiro atoms. The van der Waals surface area contributed by atoms with Crippen molar-refractivity contribution in [3.8, 4) is 11.5 Å². The van der Waals surface area contributed by atoms with Gasteiger partial charge in [0.15, 0.2) is 5.13 Å². The number of nitrogens with zero attached hydrogens (tertiary/aromatic N) is 3. The van der Waals surface area contributed by atoms with E-state index in [9.17, 15) is 4.79 Å². The van der Waals surface area contributed by atoms with Crippen LogP contribution in [0.4, 0.5) is 5.13 Å². The minimum atomic E-state index is -0.108. The molecule has 1 saturated heterocycles. The maximum atomic E-state index is 13.8. The van der Waals surface area contributed by atoms with Crippen molar-refractivity contribution >= 4 is 32.6 Å². The predicted octanol–water partition coefficient (Wildman–Crippen LogP) is 4.30. The number of hydrogen-bond acceptors (Lipinski definition) is 7. The fraction of sp³-hybridized carbons (Fsp3) is 0.440. The average Bonchev–Trinajstić information content (AvgIpc) is 3.30. The van der Waals surface area contributed by atoms with E-state index in [4.69, 9.17) is 19.2 Å². The Morgan fingerprint density at radius 2 is 1.76 bits per heavy atom. The fourth-order valence-electron chi connectivity index (χ4n) is 4.01. The summed E-state index contributed by atoms with van der Waals surface area (Å²) in [4.78, 5) is 22.8. The quantitative estimate of drug-likeness (QED) is 0.490. The minimum absolute atomic E-state index is 0.108. The summed E-state index contributed by atoms with van der Waals surface area (Å²) in [5, 5.41) is 0.719. The van der Waals surface area contributed by atoms with Gasteiger partial charge in [0, 0.05) is 37.8 Å². The van der Waals surface area contributed by atoms with Gasteiger partial charge < -0.3 is 14.2 Å². The summed E-state index contributed by atoms with van der Waals surface area (Å²) in [6.45, 7) is 9.03. The third-order valence-corrected chi connectivity index (χ3v) is 7.18. The first-order chi connectivity index (χ1) is 16.0. The van der Waals surface area contributed by atoms with Crippen LogP contribution in [0, 0.1) is 13.8 Å². The molecule has 0 N–H and O–H groups in total. The lowest BCUT2D eigenvalue weighted by Gasteiger charge is -2.27. The van der Waals surface area contributed by atoms with Gasteiger partial charge in [0.1, 0.15) is 11.5 Å². The highest BCUT2D eigenvalue weighted by atomic mass is 32.1. The number of amides is 1. The van der Waals surface area contributed by atoms with Crippen molar-refractivity contribution in [1.82, 2.24) is 9.88 Å². The van der Waals surface area contributed by atoms with Crippen molar-refractivity contribution in [2.75, 3.05) is 58.5 Å². The van der Waals surface area contributed by atoms with Crippen LogP contribution >= 0.6 is 11.3 Å². The number of anilines is 1. The highest BCUT2D eigenvalue weighted by Crippen LogP contribution is 2.34. The van der Waals surface area contributed by atoms with Crippen molar-refractivity contribution in [2.24, 2.45) is 0 Å². The second-order valence-electron chi connectivity index (χ2n) is 8.24. The van der Waals surface area contributed by atoms with Crippen LogP contribution in [0.3, 0.4) is 0 Å². The van der Waals surface area contributed by atoms with Crippen molar-refractivity contribution in [3.05, 3.63) is 47.0 Å². The van der Waals surface area contributed by atoms with Gasteiger partial charge in [-0.05, 0) is 43.5 Å². The summed E-state index contributed by atoms with van der Waals surface area (Å²) in [6.07, 6.45) is 0.848. The van der Waals surface area contributed by atoms with Crippen LogP contribution in [-0.2, 0) is 4.74 Å². The third kappa shape index (κ3) is 5.29. The number of morpholine rings is 1. The molecule has 0 atom stereocenters. The number of fused-ring (bicyclic) bond motifs is 1. The third-order valence-electron chi connectivity index (χ3n) is 5.97. The van der Waals surface area contributed by atoms with Gasteiger partial charge in [-0.3, -0.25) is 14.6 Å². The molecule has 7 nitrogen and oxygen atoms in total. The Hall–Kier alpha value is -2.68. The van der Waals surface area contributed by atoms with Gasteiger partial charge in [-0.1, -0.05) is 23.5 Å². The van der Waals surface area contributed by atoms with Crippen LogP contribution in [-0.4, -0.2) is 69.4 Å². The molecule has 0 radical (unpaired) electrons. The Bertz CT molecular complexity index is 1060. The number of carbonyl (C=O) groups is 1. The first-order valence-electron chi connectivity index (χ1n) is 11.2. The van der Waals surface area contributed by atoms with Crippen LogP contribution in [0.2, 0.25) is 0 Å². The number of aryl methyl sites for hydroxylation is 2. The molecule has 176 valence electrons. The molecule has 33 heavy (non-hydrogen) atoms. The smallest absolute Gasteiger partial charge is 0.260 e. The van der Waals surface area contributed by atoms with Gasteiger partial charge in [-0.25, -0.2) is 4.98 Å². The maximum Gasteiger partial charge on any atom is 0.260 e. The average molecular weight is 470 g/mol. The largest absolute Gasteiger partial charge is 0.497 e. The summed E-state index contributed by atoms with van der Waals surface area (Å²) in [7, 11) is 3.17. The zero-order valence-electron chi connectivity index (χ0n) is 19.7. The van der Waals surface area contributed by atoms with Crippen LogP contribution in [0.1, 0.15) is 27.9 Å². The molecule has 0 unspecified atom stereocenters. The molecule has 1 aliphatic rings. The second-order valence-corrected chi connectivity index (χ2v) is 9.22. The Balaban J connectivity index is 1.66. The number of aromatic nitrogens is 1. The molecule has 1 aliphatic heterocycles. The van der Waals surface area contributed by atoms with E-state index in [1.165, 1.54) is 5.56 Å². The monoisotopic (exact) mass is 469 g/mol. The molecule has 3 aromatic rings. The van der Waals surface area contributed by atoms with Crippen molar-refractivity contribution in [2.45, 2.75) is 20.3 Å². The molecule has 1 aromatic heterocycles. The van der Waals surface area contributed by atoms with Gasteiger partial charge in [0.25, 0.3) is 5.91 Å². The lowest BCUT2D eigenvalue weighted by molar-refractivity contribution is 0.0376. The fourth-order valence-corrected chi connectivity index (χ4v) is 5.15. The molecule has 1 amide bonds. The molecule has 8 heteroatoms. The van der Waals surface area contributed by atoms with Crippen LogP contribution in [0.5, 0.6) is 11.5 Å². The standard InChI is InChI=1S/C25H31N3O4S/c1-17-6-7-18(2)23-22(17)26-25(33-23)28(9-5-8-27-10-12-32-13-11-27)24(29)19-14-20(30-3)16-21(15-19)31-4/h6-7,14-16H,5,8-13H2,1-4H3. The van der Waals surface area contributed by atoms with Crippen molar-refractivity contribution < 1.29 is 19.0 Å². The normalized spacial score (nSPS) is 14.4. The second kappa shape index (κ2) is 10.5. The Morgan fingerprint density at radius 3 is 2.39 bits per heavy atom. The van der Waals surface area contributed by atoms with Crippen LogP contribution in [0.25, 0.3) is 10.2 Å². The summed E-state index contributed by atoms with van der Waals surface area (Å²) < 4.78 is 17.4. The predicted molar refractivity (Wildman–Crippen MR) is 132 cm³/mol. The van der Waals surface area contributed by atoms with E-state index in [1.807, 2.05) is 0 Å². The molecule has 0 aliphatic carbocycles. The Labute approximate surface area is 198 Å². The molecular formula is C25H31N3O4S. The van der Waals surface area contributed by atoms with Crippen molar-refractivity contribution in [1.29, 1.82) is 0 Å². The first kappa shape index (κ1) is 23.5. The highest BCUT2D eigenvalue weighted by molar-refractivity contribution is 7.22. The number of hydrogen-bond donors (Lipinski definition) is 0. The van der Waals surface area contributed by atoms with E-state index >= 15 is 0 Å². The van der Waals surface area contributed by atoms with Crippen LogP contribution in [0.15, 0.2) is 30.3 Å². The highest BCUT2D eigenvalue weighted by Gasteiger charge is 2.24. The molecular weight excluding hydrogens is 438 g/mol. The topological polar surface area (TPSA) is 64.1 Å². The number of methoxy groups -OCH3 is 2. The number of carbonyl (C=O) groups excluding carboxylic acids is 1. The van der Waals surface area contributed by atoms with E-state index in [0.717, 1.165) is 60.2 Å². The molecule has 0 saturated carbocycles. The van der Waals surface area contributed by atoms with Crippen LogP contribution < -0.4 is 14.4 Å². The van der Waals surface area contributed by atoms with Gasteiger partial charge in [0.2, 0.25) is 0 Å². The van der Waals surface area contributed by atoms with E-state index < -0.39 is 0 Å². The number of ether oxygens (including phenoxy) is 3. The lowest BCUT2D eigenvalue weighted by Crippen LogP contribution is -2.39. The first-order valence-corrected chi connectivity index (χ1v) is 12.0. The van der Waals surface area contributed by atoms with E-state index in [1.54, 1.807) is 48.7 Å². The summed E-state index contributed by atoms with van der Waals surface area (Å²) >= 11 is 1.57. The summed E-state index contributed by atoms with van der Waals surface area (Å²) in [5.74, 6) is 1.06. The maximum absolute atomic E-state index is 13.8. The lowest BCUT2D eigenvalue weighted by atomic mass is 10.1. The molecule has 2 aromatic carbocycles. The molecule has 4 rings (SSSR count). The summed E-state index contributed by atoms with van der Waals surface area (Å²) in [5.41, 5.74) is 3.76.